The molecule has 0 aromatic heterocycles. The van der Waals surface area contributed by atoms with Crippen LogP contribution in [0.3, 0.4) is 0 Å². The normalized spacial score (nSPS) is 11.7. The lowest BCUT2D eigenvalue weighted by atomic mass is 10.2. The molecule has 0 heterocycles. The maximum absolute atomic E-state index is 12.7. The van der Waals surface area contributed by atoms with Gasteiger partial charge < -0.3 is 10.4 Å². The Balaban J connectivity index is 2.92. The van der Waals surface area contributed by atoms with Crippen molar-refractivity contribution in [2.24, 2.45) is 5.92 Å². The summed E-state index contributed by atoms with van der Waals surface area (Å²) >= 11 is 0. The third-order valence-corrected chi connectivity index (χ3v) is 4.99. The standard InChI is InChI=1S/C14H21N3O6S/c1-11(2)10-16(9-3-8-15-14(18)19)24(22,23)13-6-4-12(5-7-13)17(20)21/h4-7,11,15H,3,8-10H2,1-2H3,(H,18,19). The van der Waals surface area contributed by atoms with Gasteiger partial charge in [0.1, 0.15) is 0 Å². The second-order valence-electron chi connectivity index (χ2n) is 5.59. The van der Waals surface area contributed by atoms with Gasteiger partial charge in [0, 0.05) is 31.8 Å². The number of rotatable bonds is 9. The molecule has 0 saturated heterocycles. The van der Waals surface area contributed by atoms with Crippen molar-refractivity contribution >= 4 is 21.8 Å². The van der Waals surface area contributed by atoms with Crippen molar-refractivity contribution < 1.29 is 23.2 Å². The lowest BCUT2D eigenvalue weighted by molar-refractivity contribution is -0.384. The number of carboxylic acid groups (broad SMARTS) is 1. The van der Waals surface area contributed by atoms with E-state index in [4.69, 9.17) is 5.11 Å². The van der Waals surface area contributed by atoms with Crippen molar-refractivity contribution in [2.45, 2.75) is 25.2 Å². The quantitative estimate of drug-likeness (QED) is 0.393. The summed E-state index contributed by atoms with van der Waals surface area (Å²) in [6.45, 7) is 4.30. The molecule has 2 N–H and O–H groups in total. The second-order valence-corrected chi connectivity index (χ2v) is 7.53. The van der Waals surface area contributed by atoms with Crippen LogP contribution in [0.15, 0.2) is 29.2 Å². The summed E-state index contributed by atoms with van der Waals surface area (Å²) in [5.41, 5.74) is -0.185. The highest BCUT2D eigenvalue weighted by atomic mass is 32.2. The summed E-state index contributed by atoms with van der Waals surface area (Å²) in [5.74, 6) is 0.0743. The van der Waals surface area contributed by atoms with E-state index in [1.807, 2.05) is 13.8 Å². The van der Waals surface area contributed by atoms with E-state index in [0.717, 1.165) is 12.1 Å². The third-order valence-electron chi connectivity index (χ3n) is 3.11. The van der Waals surface area contributed by atoms with Crippen LogP contribution in [0.4, 0.5) is 10.5 Å². The second kappa shape index (κ2) is 8.60. The van der Waals surface area contributed by atoms with Crippen LogP contribution in [0, 0.1) is 16.0 Å². The van der Waals surface area contributed by atoms with E-state index in [0.29, 0.717) is 6.42 Å². The summed E-state index contributed by atoms with van der Waals surface area (Å²) in [6, 6.07) is 4.70. The molecule has 24 heavy (non-hydrogen) atoms. The summed E-state index contributed by atoms with van der Waals surface area (Å²) in [4.78, 5) is 20.5. The number of hydrogen-bond donors (Lipinski definition) is 2. The van der Waals surface area contributed by atoms with Gasteiger partial charge in [0.25, 0.3) is 5.69 Å². The Morgan fingerprint density at radius 3 is 2.38 bits per heavy atom. The monoisotopic (exact) mass is 359 g/mol. The van der Waals surface area contributed by atoms with Crippen molar-refractivity contribution in [3.8, 4) is 0 Å². The molecule has 0 aliphatic rings. The zero-order valence-electron chi connectivity index (χ0n) is 13.5. The Labute approximate surface area is 140 Å². The molecule has 0 unspecified atom stereocenters. The van der Waals surface area contributed by atoms with Crippen LogP contribution in [0.5, 0.6) is 0 Å². The van der Waals surface area contributed by atoms with Crippen LogP contribution < -0.4 is 5.32 Å². The Bertz CT molecular complexity index is 672. The number of carbonyl (C=O) groups is 1. The summed E-state index contributed by atoms with van der Waals surface area (Å²) in [7, 11) is -3.80. The topological polar surface area (TPSA) is 130 Å². The molecule has 10 heteroatoms. The van der Waals surface area contributed by atoms with Gasteiger partial charge in [-0.05, 0) is 24.5 Å². The number of nitro groups is 1. The van der Waals surface area contributed by atoms with Gasteiger partial charge in [-0.25, -0.2) is 13.2 Å². The largest absolute Gasteiger partial charge is 0.465 e. The zero-order chi connectivity index (χ0) is 18.3. The first-order valence-corrected chi connectivity index (χ1v) is 8.80. The molecule has 1 aromatic rings. The molecule has 0 saturated carbocycles. The highest BCUT2D eigenvalue weighted by Gasteiger charge is 2.25. The van der Waals surface area contributed by atoms with E-state index in [2.05, 4.69) is 5.32 Å². The summed E-state index contributed by atoms with van der Waals surface area (Å²) in [6.07, 6.45) is -0.839. The van der Waals surface area contributed by atoms with E-state index in [1.54, 1.807) is 0 Å². The Morgan fingerprint density at radius 1 is 1.33 bits per heavy atom. The number of nitro benzene ring substituents is 1. The number of nitrogens with zero attached hydrogens (tertiary/aromatic N) is 2. The molecule has 1 rings (SSSR count). The van der Waals surface area contributed by atoms with Crippen LogP contribution in [0.25, 0.3) is 0 Å². The van der Waals surface area contributed by atoms with Crippen molar-refractivity contribution in [1.29, 1.82) is 0 Å². The molecule has 0 bridgehead atoms. The molecule has 0 radical (unpaired) electrons. The number of non-ortho nitro benzene ring substituents is 1. The van der Waals surface area contributed by atoms with Crippen LogP contribution >= 0.6 is 0 Å². The van der Waals surface area contributed by atoms with Crippen LogP contribution in [-0.4, -0.2) is 48.5 Å². The predicted molar refractivity (Wildman–Crippen MR) is 87.3 cm³/mol. The Morgan fingerprint density at radius 2 is 1.92 bits per heavy atom. The fourth-order valence-corrected chi connectivity index (χ4v) is 3.70. The van der Waals surface area contributed by atoms with E-state index in [1.165, 1.54) is 16.4 Å². The molecule has 9 nitrogen and oxygen atoms in total. The molecule has 0 atom stereocenters. The minimum atomic E-state index is -3.80. The van der Waals surface area contributed by atoms with Gasteiger partial charge in [0.05, 0.1) is 9.82 Å². The lowest BCUT2D eigenvalue weighted by Crippen LogP contribution is -2.36. The van der Waals surface area contributed by atoms with Crippen molar-refractivity contribution in [2.75, 3.05) is 19.6 Å². The van der Waals surface area contributed by atoms with Gasteiger partial charge in [-0.1, -0.05) is 13.8 Å². The smallest absolute Gasteiger partial charge is 0.404 e. The van der Waals surface area contributed by atoms with E-state index < -0.39 is 21.0 Å². The summed E-state index contributed by atoms with van der Waals surface area (Å²) in [5, 5.41) is 21.4. The number of sulfonamides is 1. The van der Waals surface area contributed by atoms with E-state index >= 15 is 0 Å². The summed E-state index contributed by atoms with van der Waals surface area (Å²) < 4.78 is 26.7. The number of amides is 1. The molecule has 1 amide bonds. The van der Waals surface area contributed by atoms with Gasteiger partial charge in [-0.15, -0.1) is 0 Å². The van der Waals surface area contributed by atoms with Crippen molar-refractivity contribution in [3.63, 3.8) is 0 Å². The average Bonchev–Trinajstić information content (AvgIpc) is 2.49. The molecule has 134 valence electrons. The van der Waals surface area contributed by atoms with E-state index in [9.17, 15) is 23.3 Å². The Kier molecular flexibility index (Phi) is 7.11. The minimum absolute atomic E-state index is 0.0278. The molecule has 0 aliphatic carbocycles. The van der Waals surface area contributed by atoms with Crippen LogP contribution in [0.2, 0.25) is 0 Å². The fraction of sp³-hybridized carbons (Fsp3) is 0.500. The first kappa shape index (κ1) is 19.8. The molecule has 0 spiro atoms. The van der Waals surface area contributed by atoms with Gasteiger partial charge in [-0.2, -0.15) is 4.31 Å². The molecular weight excluding hydrogens is 338 g/mol. The fourth-order valence-electron chi connectivity index (χ4n) is 2.06. The Hall–Kier alpha value is -2.20. The molecular formula is C14H21N3O6S. The van der Waals surface area contributed by atoms with Crippen molar-refractivity contribution in [1.82, 2.24) is 9.62 Å². The SMILES string of the molecule is CC(C)CN(CCCNC(=O)O)S(=O)(=O)c1ccc([N+](=O)[O-])cc1. The first-order valence-electron chi connectivity index (χ1n) is 7.36. The van der Waals surface area contributed by atoms with Gasteiger partial charge in [0.2, 0.25) is 10.0 Å². The minimum Gasteiger partial charge on any atom is -0.465 e. The number of nitrogens with one attached hydrogen (secondary N) is 1. The molecule has 0 fully saturated rings. The predicted octanol–water partition coefficient (Wildman–Crippen LogP) is 1.90. The third kappa shape index (κ3) is 5.78. The van der Waals surface area contributed by atoms with E-state index in [-0.39, 0.29) is 36.1 Å². The first-order chi connectivity index (χ1) is 11.1. The van der Waals surface area contributed by atoms with Gasteiger partial charge >= 0.3 is 6.09 Å². The number of benzene rings is 1. The number of hydrogen-bond acceptors (Lipinski definition) is 5. The van der Waals surface area contributed by atoms with Crippen LogP contribution in [0.1, 0.15) is 20.3 Å². The van der Waals surface area contributed by atoms with Gasteiger partial charge in [-0.3, -0.25) is 10.1 Å². The highest BCUT2D eigenvalue weighted by Crippen LogP contribution is 2.20. The highest BCUT2D eigenvalue weighted by molar-refractivity contribution is 7.89. The van der Waals surface area contributed by atoms with Crippen LogP contribution in [-0.2, 0) is 10.0 Å². The maximum atomic E-state index is 12.7. The lowest BCUT2D eigenvalue weighted by Gasteiger charge is -2.24. The molecule has 0 aliphatic heterocycles. The average molecular weight is 359 g/mol. The van der Waals surface area contributed by atoms with Gasteiger partial charge in [0.15, 0.2) is 0 Å². The maximum Gasteiger partial charge on any atom is 0.404 e. The van der Waals surface area contributed by atoms with Crippen molar-refractivity contribution in [3.05, 3.63) is 34.4 Å². The molecule has 1 aromatic carbocycles. The zero-order valence-corrected chi connectivity index (χ0v) is 14.3.